The van der Waals surface area contributed by atoms with Crippen LogP contribution in [0.5, 0.6) is 28.7 Å². The number of carbonyl (C=O) groups excluding carboxylic acids is 7. The fraction of sp³-hybridized carbons (Fsp3) is 0.439. The Morgan fingerprint density at radius 3 is 1.69 bits per heavy atom. The van der Waals surface area contributed by atoms with E-state index in [0.29, 0.717) is 96.3 Å². The minimum Gasteiger partial charge on any atom is -0.497 e. The summed E-state index contributed by atoms with van der Waals surface area (Å²) in [6.45, 7) is 12.2. The van der Waals surface area contributed by atoms with Crippen LogP contribution >= 0.6 is 0 Å². The van der Waals surface area contributed by atoms with Gasteiger partial charge in [-0.05, 0) is 104 Å². The summed E-state index contributed by atoms with van der Waals surface area (Å²) in [6, 6.07) is 18.7. The third kappa shape index (κ3) is 14.4. The zero-order valence-electron chi connectivity index (χ0n) is 51.0. The zero-order valence-corrected chi connectivity index (χ0v) is 51.0. The summed E-state index contributed by atoms with van der Waals surface area (Å²) in [7, 11) is 4.65. The van der Waals surface area contributed by atoms with Gasteiger partial charge >= 0.3 is 0 Å². The normalized spacial score (nSPS) is 18.4. The van der Waals surface area contributed by atoms with E-state index in [2.05, 4.69) is 42.0 Å². The average molecular weight is 1190 g/mol. The minimum absolute atomic E-state index is 0.148. The molecule has 7 amide bonds. The first-order valence-corrected chi connectivity index (χ1v) is 30.0. The molecule has 21 heteroatoms. The van der Waals surface area contributed by atoms with Crippen molar-refractivity contribution in [1.29, 1.82) is 0 Å². The number of amides is 7. The van der Waals surface area contributed by atoms with E-state index in [4.69, 9.17) is 33.7 Å². The van der Waals surface area contributed by atoms with Crippen molar-refractivity contribution in [3.05, 3.63) is 107 Å². The van der Waals surface area contributed by atoms with Crippen LogP contribution in [0.15, 0.2) is 95.2 Å². The number of anilines is 1. The summed E-state index contributed by atoms with van der Waals surface area (Å²) in [5.74, 6) is 0.0203. The van der Waals surface area contributed by atoms with Crippen molar-refractivity contribution >= 4 is 82.0 Å². The maximum Gasteiger partial charge on any atom is 0.260 e. The highest BCUT2D eigenvalue weighted by Crippen LogP contribution is 2.42. The first kappa shape index (κ1) is 62.7. The van der Waals surface area contributed by atoms with Gasteiger partial charge in [0, 0.05) is 80.4 Å². The molecular formula is C66H79N9O12. The summed E-state index contributed by atoms with van der Waals surface area (Å²) in [4.78, 5) is 108. The van der Waals surface area contributed by atoms with Gasteiger partial charge in [-0.15, -0.1) is 0 Å². The van der Waals surface area contributed by atoms with Crippen molar-refractivity contribution < 1.29 is 57.2 Å². The summed E-state index contributed by atoms with van der Waals surface area (Å²) < 4.78 is 29.0. The van der Waals surface area contributed by atoms with Crippen molar-refractivity contribution in [2.24, 2.45) is 15.9 Å². The molecule has 0 bridgehead atoms. The number of imide groups is 1. The van der Waals surface area contributed by atoms with Crippen LogP contribution in [0.3, 0.4) is 0 Å². The topological polar surface area (TPSA) is 248 Å². The predicted molar refractivity (Wildman–Crippen MR) is 331 cm³/mol. The number of carbonyl (C=O) groups is 7. The SMILES string of the molecule is CCC(C)(CC)NC1CC(=O)N(CCCCCC(=O)N[C@H](C(=O)N[C@@H](C)C(=O)Nc2ccc(C3=CN4C(=O)c5cc(OC)c(OCCCOc6cc7c(cc6OC)C(=O)N6C=C(c8ccc(OC)cc8)CC6C=N7)cc5N=C[C@@H]4C3)cc2)C(C)C)C1=O. The molecule has 0 aliphatic carbocycles. The highest BCUT2D eigenvalue weighted by atomic mass is 16.5. The molecule has 2 unspecified atom stereocenters. The molecule has 4 aromatic rings. The van der Waals surface area contributed by atoms with Gasteiger partial charge in [0.15, 0.2) is 23.0 Å². The van der Waals surface area contributed by atoms with Gasteiger partial charge in [-0.1, -0.05) is 58.4 Å². The van der Waals surface area contributed by atoms with Crippen LogP contribution in [-0.2, 0) is 24.0 Å². The Balaban J connectivity index is 0.718. The van der Waals surface area contributed by atoms with Crippen molar-refractivity contribution in [1.82, 2.24) is 30.7 Å². The van der Waals surface area contributed by atoms with Gasteiger partial charge in [-0.25, -0.2) is 0 Å². The fourth-order valence-electron chi connectivity index (χ4n) is 11.2. The third-order valence-electron chi connectivity index (χ3n) is 16.8. The molecule has 4 aromatic carbocycles. The average Bonchev–Trinajstić information content (AvgIpc) is 2.74. The monoisotopic (exact) mass is 1190 g/mol. The molecule has 0 spiro atoms. The Bertz CT molecular complexity index is 3390. The van der Waals surface area contributed by atoms with Gasteiger partial charge in [0.2, 0.25) is 29.5 Å². The van der Waals surface area contributed by atoms with Crippen LogP contribution in [0.25, 0.3) is 11.1 Å². The number of aliphatic imine (C=N–C) groups is 2. The summed E-state index contributed by atoms with van der Waals surface area (Å²) >= 11 is 0. The Morgan fingerprint density at radius 1 is 0.644 bits per heavy atom. The Kier molecular flexibility index (Phi) is 19.9. The number of nitrogens with one attached hydrogen (secondary N) is 4. The molecule has 21 nitrogen and oxygen atoms in total. The number of ether oxygens (including phenoxy) is 5. The van der Waals surface area contributed by atoms with E-state index in [0.717, 1.165) is 40.9 Å². The van der Waals surface area contributed by atoms with E-state index in [-0.39, 0.29) is 79.1 Å². The Labute approximate surface area is 507 Å². The maximum absolute atomic E-state index is 14.2. The van der Waals surface area contributed by atoms with Crippen molar-refractivity contribution in [3.8, 4) is 28.7 Å². The quantitative estimate of drug-likeness (QED) is 0.0322. The number of rotatable bonds is 27. The van der Waals surface area contributed by atoms with E-state index in [1.807, 2.05) is 62.6 Å². The fourth-order valence-corrected chi connectivity index (χ4v) is 11.2. The number of unbranched alkanes of at least 4 members (excludes halogenated alkanes) is 2. The second kappa shape index (κ2) is 27.7. The summed E-state index contributed by atoms with van der Waals surface area (Å²) in [6.07, 6.45) is 12.5. The first-order chi connectivity index (χ1) is 41.8. The van der Waals surface area contributed by atoms with Crippen LogP contribution in [0.4, 0.5) is 17.1 Å². The number of hydrogen-bond donors (Lipinski definition) is 4. The molecule has 9 rings (SSSR count). The van der Waals surface area contributed by atoms with Gasteiger partial charge in [0.1, 0.15) is 17.8 Å². The maximum atomic E-state index is 14.2. The molecule has 1 saturated heterocycles. The summed E-state index contributed by atoms with van der Waals surface area (Å²) in [5.41, 5.74) is 5.73. The van der Waals surface area contributed by atoms with Gasteiger partial charge in [0.05, 0.1) is 81.6 Å². The molecule has 5 atom stereocenters. The van der Waals surface area contributed by atoms with E-state index >= 15 is 0 Å². The number of hydrogen-bond acceptors (Lipinski definition) is 15. The molecule has 0 saturated carbocycles. The van der Waals surface area contributed by atoms with Gasteiger partial charge < -0.3 is 54.8 Å². The molecule has 0 aromatic heterocycles. The van der Waals surface area contributed by atoms with Crippen LogP contribution in [0.2, 0.25) is 0 Å². The van der Waals surface area contributed by atoms with Crippen LogP contribution in [0, 0.1) is 5.92 Å². The molecular weight excluding hydrogens is 1110 g/mol. The number of likely N-dealkylation sites (tertiary alicyclic amines) is 1. The second-order valence-corrected chi connectivity index (χ2v) is 23.1. The van der Waals surface area contributed by atoms with Crippen LogP contribution in [-0.4, -0.2) is 145 Å². The molecule has 5 aliphatic rings. The highest BCUT2D eigenvalue weighted by molar-refractivity contribution is 6.07. The second-order valence-electron chi connectivity index (χ2n) is 23.1. The van der Waals surface area contributed by atoms with Crippen molar-refractivity contribution in [2.45, 2.75) is 141 Å². The smallest absolute Gasteiger partial charge is 0.260 e. The van der Waals surface area contributed by atoms with Crippen LogP contribution in [0.1, 0.15) is 138 Å². The number of methoxy groups -OCH3 is 3. The number of nitrogens with zero attached hydrogens (tertiary/aromatic N) is 5. The van der Waals surface area contributed by atoms with E-state index in [1.165, 1.54) is 19.1 Å². The zero-order chi connectivity index (χ0) is 62.1. The molecule has 0 radical (unpaired) electrons. The Morgan fingerprint density at radius 2 is 1.18 bits per heavy atom. The molecule has 87 heavy (non-hydrogen) atoms. The molecule has 5 heterocycles. The van der Waals surface area contributed by atoms with Crippen molar-refractivity contribution in [3.63, 3.8) is 0 Å². The summed E-state index contributed by atoms with van der Waals surface area (Å²) in [5, 5.41) is 11.8. The predicted octanol–water partition coefficient (Wildman–Crippen LogP) is 8.94. The first-order valence-electron chi connectivity index (χ1n) is 30.0. The third-order valence-corrected chi connectivity index (χ3v) is 16.8. The van der Waals surface area contributed by atoms with Gasteiger partial charge in [-0.2, -0.15) is 0 Å². The lowest BCUT2D eigenvalue weighted by Gasteiger charge is -2.31. The number of fused-ring (bicyclic) bond motifs is 4. The lowest BCUT2D eigenvalue weighted by Crippen LogP contribution is -2.53. The Hall–Kier alpha value is -8.85. The lowest BCUT2D eigenvalue weighted by molar-refractivity contribution is -0.139. The molecule has 460 valence electrons. The standard InChI is InChI=1S/C66H79N9O12/c1-10-66(6,11-2)72-53-34-59(77)73(65(53)82)25-14-12-13-16-58(76)71-60(39(3)4)62(79)69-40(5)61(78)70-45-21-17-41(18-22-45)43-28-46-35-67-51-32-56(54(84-8)30-49(51)63(80)74(46)37-43)86-26-15-27-87-57-33-52-50(31-55(57)85-9)64(81)75-38-44(29-47(75)36-68-52)42-19-23-48(83-7)24-20-42/h17-24,30-33,35-40,46-47,53,60,72H,10-16,25-29,34H2,1-9H3,(H,69,79)(H,70,78)(H,71,76)/t40-,46-,47?,53?,60-/m0/s1. The largest absolute Gasteiger partial charge is 0.497 e. The van der Waals surface area contributed by atoms with E-state index < -0.39 is 29.9 Å². The molecule has 5 aliphatic heterocycles. The van der Waals surface area contributed by atoms with Crippen LogP contribution < -0.4 is 45.0 Å². The minimum atomic E-state index is -0.932. The molecule has 4 N–H and O–H groups in total. The van der Waals surface area contributed by atoms with E-state index in [9.17, 15) is 33.6 Å². The molecule has 1 fully saturated rings. The lowest BCUT2D eigenvalue weighted by atomic mass is 9.94. The van der Waals surface area contributed by atoms with E-state index in [1.54, 1.807) is 72.7 Å². The number of benzene rings is 4. The van der Waals surface area contributed by atoms with Crippen molar-refractivity contribution in [2.75, 3.05) is 46.4 Å². The van der Waals surface area contributed by atoms with Gasteiger partial charge in [-0.3, -0.25) is 48.4 Å². The van der Waals surface area contributed by atoms with Gasteiger partial charge in [0.25, 0.3) is 11.8 Å². The highest BCUT2D eigenvalue weighted by Gasteiger charge is 2.41.